The lowest BCUT2D eigenvalue weighted by atomic mass is 10.1. The van der Waals surface area contributed by atoms with Gasteiger partial charge in [-0.05, 0) is 60.2 Å². The molecule has 3 aromatic carbocycles. The zero-order valence-corrected chi connectivity index (χ0v) is 20.7. The van der Waals surface area contributed by atoms with E-state index < -0.39 is 0 Å². The highest BCUT2D eigenvalue weighted by Crippen LogP contribution is 2.34. The van der Waals surface area contributed by atoms with E-state index in [1.165, 1.54) is 4.90 Å². The van der Waals surface area contributed by atoms with Crippen molar-refractivity contribution in [2.75, 3.05) is 20.3 Å². The molecule has 182 valence electrons. The van der Waals surface area contributed by atoms with E-state index in [0.717, 1.165) is 45.3 Å². The lowest BCUT2D eigenvalue weighted by Gasteiger charge is -2.12. The highest BCUT2D eigenvalue weighted by atomic mass is 32.2. The number of fused-ring (bicyclic) bond motifs is 1. The number of rotatable bonds is 9. The number of aromatic nitrogens is 1. The third-order valence-electron chi connectivity index (χ3n) is 6.11. The van der Waals surface area contributed by atoms with Gasteiger partial charge in [-0.2, -0.15) is 0 Å². The number of imide groups is 1. The van der Waals surface area contributed by atoms with Crippen LogP contribution in [0.25, 0.3) is 17.0 Å². The maximum absolute atomic E-state index is 13.0. The predicted octanol–water partition coefficient (Wildman–Crippen LogP) is 6.01. The first-order valence-electron chi connectivity index (χ1n) is 11.8. The van der Waals surface area contributed by atoms with Crippen LogP contribution in [0.4, 0.5) is 4.79 Å². The number of amides is 2. The van der Waals surface area contributed by atoms with Crippen LogP contribution in [-0.2, 0) is 17.8 Å². The van der Waals surface area contributed by atoms with Crippen LogP contribution in [0.2, 0.25) is 0 Å². The standard InChI is InChI=1S/C29H26N2O4S/c1-34-23-11-13-24(14-12-23)35-18-17-30-20-22(25-9-5-6-10-26(25)30)19-27-28(32)31(29(33)36-27)16-15-21-7-3-2-4-8-21/h2-14,19-20H,15-18H2,1H3/b27-19-. The smallest absolute Gasteiger partial charge is 0.293 e. The lowest BCUT2D eigenvalue weighted by Crippen LogP contribution is -2.30. The zero-order valence-electron chi connectivity index (χ0n) is 19.9. The molecule has 0 unspecified atom stereocenters. The van der Waals surface area contributed by atoms with Gasteiger partial charge in [-0.15, -0.1) is 0 Å². The van der Waals surface area contributed by atoms with Gasteiger partial charge in [0.15, 0.2) is 0 Å². The maximum Gasteiger partial charge on any atom is 0.293 e. The Labute approximate surface area is 214 Å². The quantitative estimate of drug-likeness (QED) is 0.265. The average molecular weight is 499 g/mol. The Hall–Kier alpha value is -3.97. The number of carbonyl (C=O) groups is 2. The molecule has 0 aliphatic carbocycles. The topological polar surface area (TPSA) is 60.8 Å². The second-order valence-electron chi connectivity index (χ2n) is 8.39. The van der Waals surface area contributed by atoms with Gasteiger partial charge in [-0.3, -0.25) is 14.5 Å². The molecule has 36 heavy (non-hydrogen) atoms. The summed E-state index contributed by atoms with van der Waals surface area (Å²) in [5.41, 5.74) is 3.05. The minimum atomic E-state index is -0.236. The van der Waals surface area contributed by atoms with Crippen molar-refractivity contribution in [3.05, 3.63) is 101 Å². The summed E-state index contributed by atoms with van der Waals surface area (Å²) in [6, 6.07) is 25.4. The highest BCUT2D eigenvalue weighted by Gasteiger charge is 2.34. The van der Waals surface area contributed by atoms with Crippen LogP contribution in [0.3, 0.4) is 0 Å². The summed E-state index contributed by atoms with van der Waals surface area (Å²) in [4.78, 5) is 27.4. The van der Waals surface area contributed by atoms with E-state index in [1.807, 2.05) is 91.1 Å². The molecule has 5 rings (SSSR count). The van der Waals surface area contributed by atoms with E-state index in [-0.39, 0.29) is 11.1 Å². The van der Waals surface area contributed by atoms with Gasteiger partial charge in [-0.1, -0.05) is 48.5 Å². The molecule has 2 heterocycles. The van der Waals surface area contributed by atoms with Gasteiger partial charge in [0.1, 0.15) is 18.1 Å². The molecule has 4 aromatic rings. The van der Waals surface area contributed by atoms with E-state index >= 15 is 0 Å². The summed E-state index contributed by atoms with van der Waals surface area (Å²) in [6.45, 7) is 1.50. The fraction of sp³-hybridized carbons (Fsp3) is 0.172. The van der Waals surface area contributed by atoms with Crippen LogP contribution in [-0.4, -0.2) is 40.9 Å². The highest BCUT2D eigenvalue weighted by molar-refractivity contribution is 8.18. The van der Waals surface area contributed by atoms with Crippen molar-refractivity contribution in [1.82, 2.24) is 9.47 Å². The first-order chi connectivity index (χ1) is 17.6. The maximum atomic E-state index is 13.0. The van der Waals surface area contributed by atoms with Crippen LogP contribution in [0.5, 0.6) is 11.5 Å². The minimum Gasteiger partial charge on any atom is -0.497 e. The minimum absolute atomic E-state index is 0.223. The number of nitrogens with zero attached hydrogens (tertiary/aromatic N) is 2. The van der Waals surface area contributed by atoms with Gasteiger partial charge < -0.3 is 14.0 Å². The summed E-state index contributed by atoms with van der Waals surface area (Å²) in [7, 11) is 1.63. The first kappa shape index (κ1) is 23.8. The number of thioether (sulfide) groups is 1. The Morgan fingerprint density at radius 2 is 1.58 bits per heavy atom. The van der Waals surface area contributed by atoms with E-state index in [0.29, 0.717) is 31.0 Å². The monoisotopic (exact) mass is 498 g/mol. The van der Waals surface area contributed by atoms with Gasteiger partial charge in [-0.25, -0.2) is 0 Å². The second kappa shape index (κ2) is 10.7. The van der Waals surface area contributed by atoms with Gasteiger partial charge in [0, 0.05) is 29.2 Å². The Morgan fingerprint density at radius 3 is 2.36 bits per heavy atom. The third-order valence-corrected chi connectivity index (χ3v) is 7.01. The van der Waals surface area contributed by atoms with Crippen LogP contribution < -0.4 is 9.47 Å². The molecule has 0 N–H and O–H groups in total. The molecule has 0 bridgehead atoms. The molecule has 6 nitrogen and oxygen atoms in total. The van der Waals surface area contributed by atoms with Crippen LogP contribution in [0, 0.1) is 0 Å². The number of carbonyl (C=O) groups excluding carboxylic acids is 2. The van der Waals surface area contributed by atoms with Crippen molar-refractivity contribution in [1.29, 1.82) is 0 Å². The number of hydrogen-bond donors (Lipinski definition) is 0. The largest absolute Gasteiger partial charge is 0.497 e. The Kier molecular flexibility index (Phi) is 7.09. The Bertz CT molecular complexity index is 1410. The lowest BCUT2D eigenvalue weighted by molar-refractivity contribution is -0.122. The third kappa shape index (κ3) is 5.16. The van der Waals surface area contributed by atoms with Crippen molar-refractivity contribution in [3.8, 4) is 11.5 Å². The zero-order chi connectivity index (χ0) is 24.9. The van der Waals surface area contributed by atoms with Gasteiger partial charge in [0.25, 0.3) is 11.1 Å². The molecule has 1 fully saturated rings. The predicted molar refractivity (Wildman–Crippen MR) is 143 cm³/mol. The van der Waals surface area contributed by atoms with E-state index in [4.69, 9.17) is 9.47 Å². The molecule has 0 spiro atoms. The van der Waals surface area contributed by atoms with E-state index in [2.05, 4.69) is 4.57 Å². The van der Waals surface area contributed by atoms with Crippen molar-refractivity contribution in [2.24, 2.45) is 0 Å². The number of benzene rings is 3. The molecular formula is C29H26N2O4S. The van der Waals surface area contributed by atoms with Crippen molar-refractivity contribution >= 4 is 39.9 Å². The van der Waals surface area contributed by atoms with Gasteiger partial charge in [0.2, 0.25) is 0 Å². The van der Waals surface area contributed by atoms with Crippen molar-refractivity contribution < 1.29 is 19.1 Å². The Balaban J connectivity index is 1.30. The van der Waals surface area contributed by atoms with Gasteiger partial charge in [0.05, 0.1) is 18.6 Å². The molecule has 0 atom stereocenters. The number of methoxy groups -OCH3 is 1. The van der Waals surface area contributed by atoms with Crippen molar-refractivity contribution in [2.45, 2.75) is 13.0 Å². The summed E-state index contributed by atoms with van der Waals surface area (Å²) in [5, 5.41) is 0.803. The normalized spacial score (nSPS) is 14.7. The molecule has 1 aliphatic heterocycles. The molecule has 1 aliphatic rings. The summed E-state index contributed by atoms with van der Waals surface area (Å²) < 4.78 is 13.2. The van der Waals surface area contributed by atoms with E-state index in [1.54, 1.807) is 7.11 Å². The molecule has 7 heteroatoms. The molecule has 2 amide bonds. The molecule has 0 saturated carbocycles. The van der Waals surface area contributed by atoms with Crippen LogP contribution in [0.15, 0.2) is 90.0 Å². The van der Waals surface area contributed by atoms with Crippen LogP contribution in [0.1, 0.15) is 11.1 Å². The fourth-order valence-corrected chi connectivity index (χ4v) is 5.08. The van der Waals surface area contributed by atoms with Gasteiger partial charge >= 0.3 is 0 Å². The second-order valence-corrected chi connectivity index (χ2v) is 9.38. The number of ether oxygens (including phenoxy) is 2. The summed E-state index contributed by atoms with van der Waals surface area (Å²) >= 11 is 1.00. The number of para-hydroxylation sites is 1. The van der Waals surface area contributed by atoms with Crippen molar-refractivity contribution in [3.63, 3.8) is 0 Å². The molecule has 1 aromatic heterocycles. The summed E-state index contributed by atoms with van der Waals surface area (Å²) in [6.07, 6.45) is 4.48. The molecule has 1 saturated heterocycles. The van der Waals surface area contributed by atoms with E-state index in [9.17, 15) is 9.59 Å². The first-order valence-corrected chi connectivity index (χ1v) is 12.6. The fourth-order valence-electron chi connectivity index (χ4n) is 4.23. The molecule has 0 radical (unpaired) electrons. The SMILES string of the molecule is COc1ccc(OCCn2cc(/C=C3\SC(=O)N(CCc4ccccc4)C3=O)c3ccccc32)cc1. The average Bonchev–Trinajstić information content (AvgIpc) is 3.39. The summed E-state index contributed by atoms with van der Waals surface area (Å²) in [5.74, 6) is 1.32. The Morgan fingerprint density at radius 1 is 0.861 bits per heavy atom. The van der Waals surface area contributed by atoms with Crippen LogP contribution >= 0.6 is 11.8 Å². The molecular weight excluding hydrogens is 472 g/mol. The number of hydrogen-bond acceptors (Lipinski definition) is 5.